The topological polar surface area (TPSA) is 61.4 Å². The molecule has 0 aromatic carbocycles. The molecule has 0 aliphatic carbocycles. The van der Waals surface area contributed by atoms with Crippen LogP contribution >= 0.6 is 0 Å². The first kappa shape index (κ1) is 15.0. The molecule has 3 heterocycles. The minimum Gasteiger partial charge on any atom is -0.314 e. The van der Waals surface area contributed by atoms with E-state index in [0.29, 0.717) is 31.0 Å². The zero-order valence-electron chi connectivity index (χ0n) is 12.9. The van der Waals surface area contributed by atoms with Crippen molar-refractivity contribution in [1.29, 1.82) is 0 Å². The maximum atomic E-state index is 12.2. The second-order valence-electron chi connectivity index (χ2n) is 6.78. The van der Waals surface area contributed by atoms with Gasteiger partial charge in [-0.05, 0) is 45.1 Å². The van der Waals surface area contributed by atoms with Crippen LogP contribution in [0.3, 0.4) is 0 Å². The van der Waals surface area contributed by atoms with E-state index in [1.807, 2.05) is 0 Å². The lowest BCUT2D eigenvalue weighted by molar-refractivity contribution is -0.142. The molecule has 3 atom stereocenters. The van der Waals surface area contributed by atoms with Gasteiger partial charge in [0.1, 0.15) is 0 Å². The molecule has 0 aromatic rings. The van der Waals surface area contributed by atoms with E-state index in [1.165, 1.54) is 25.7 Å². The van der Waals surface area contributed by atoms with Gasteiger partial charge in [0.25, 0.3) is 0 Å². The molecule has 0 saturated carbocycles. The first-order valence-corrected chi connectivity index (χ1v) is 8.53. The van der Waals surface area contributed by atoms with Crippen LogP contribution in [0, 0.1) is 0 Å². The quantitative estimate of drug-likeness (QED) is 0.764. The third kappa shape index (κ3) is 3.14. The average molecular weight is 293 g/mol. The second-order valence-corrected chi connectivity index (χ2v) is 6.78. The number of fused-ring (bicyclic) bond motifs is 2. The monoisotopic (exact) mass is 293 g/mol. The van der Waals surface area contributed by atoms with Crippen molar-refractivity contribution in [3.05, 3.63) is 0 Å². The maximum Gasteiger partial charge on any atom is 0.243 e. The van der Waals surface area contributed by atoms with Gasteiger partial charge in [0.2, 0.25) is 11.8 Å². The fraction of sp³-hybridized carbons (Fsp3) is 0.875. The molecule has 3 rings (SSSR count). The van der Waals surface area contributed by atoms with Gasteiger partial charge in [0, 0.05) is 24.5 Å². The highest BCUT2D eigenvalue weighted by Gasteiger charge is 2.44. The predicted molar refractivity (Wildman–Crippen MR) is 80.8 cm³/mol. The van der Waals surface area contributed by atoms with E-state index in [0.717, 1.165) is 19.4 Å². The summed E-state index contributed by atoms with van der Waals surface area (Å²) < 4.78 is 0. The third-order valence-electron chi connectivity index (χ3n) is 5.28. The third-order valence-corrected chi connectivity index (χ3v) is 5.28. The van der Waals surface area contributed by atoms with Gasteiger partial charge in [-0.25, -0.2) is 0 Å². The number of hydrogen-bond acceptors (Lipinski definition) is 4. The van der Waals surface area contributed by atoms with Crippen molar-refractivity contribution >= 4 is 11.8 Å². The predicted octanol–water partition coefficient (Wildman–Crippen LogP) is 1.18. The van der Waals surface area contributed by atoms with Gasteiger partial charge in [-0.1, -0.05) is 13.3 Å². The van der Waals surface area contributed by atoms with Crippen molar-refractivity contribution in [3.8, 4) is 0 Å². The van der Waals surface area contributed by atoms with Crippen molar-refractivity contribution in [1.82, 2.24) is 15.5 Å². The van der Waals surface area contributed by atoms with Crippen LogP contribution in [-0.2, 0) is 9.59 Å². The second kappa shape index (κ2) is 6.44. The minimum absolute atomic E-state index is 0.0666. The van der Waals surface area contributed by atoms with Gasteiger partial charge in [0.05, 0.1) is 6.04 Å². The number of nitrogens with one attached hydrogen (secondary N) is 2. The van der Waals surface area contributed by atoms with E-state index < -0.39 is 0 Å². The summed E-state index contributed by atoms with van der Waals surface area (Å²) in [4.78, 5) is 26.0. The van der Waals surface area contributed by atoms with Crippen molar-refractivity contribution < 1.29 is 9.59 Å². The largest absolute Gasteiger partial charge is 0.314 e. The number of carbonyl (C=O) groups excluding carboxylic acids is 2. The Morgan fingerprint density at radius 1 is 1.19 bits per heavy atom. The molecule has 3 unspecified atom stereocenters. The van der Waals surface area contributed by atoms with Crippen molar-refractivity contribution in [2.75, 3.05) is 6.54 Å². The van der Waals surface area contributed by atoms with Crippen LogP contribution in [0.25, 0.3) is 0 Å². The van der Waals surface area contributed by atoms with Crippen LogP contribution in [-0.4, -0.2) is 47.4 Å². The van der Waals surface area contributed by atoms with Crippen molar-refractivity contribution in [3.63, 3.8) is 0 Å². The lowest BCUT2D eigenvalue weighted by Crippen LogP contribution is -2.64. The molecular formula is C16H27N3O2. The summed E-state index contributed by atoms with van der Waals surface area (Å²) in [6.07, 6.45) is 8.32. The number of piperidine rings is 3. The number of rotatable bonds is 4. The van der Waals surface area contributed by atoms with Crippen LogP contribution in [0.15, 0.2) is 0 Å². The van der Waals surface area contributed by atoms with E-state index in [4.69, 9.17) is 0 Å². The normalized spacial score (nSPS) is 37.4. The summed E-state index contributed by atoms with van der Waals surface area (Å²) in [5, 5.41) is 6.19. The van der Waals surface area contributed by atoms with Gasteiger partial charge in [-0.2, -0.15) is 0 Å². The summed E-state index contributed by atoms with van der Waals surface area (Å²) in [6.45, 7) is 3.29. The van der Waals surface area contributed by atoms with E-state index in [-0.39, 0.29) is 17.9 Å². The summed E-state index contributed by atoms with van der Waals surface area (Å²) >= 11 is 0. The van der Waals surface area contributed by atoms with Crippen molar-refractivity contribution in [2.24, 2.45) is 0 Å². The molecule has 118 valence electrons. The number of imide groups is 1. The van der Waals surface area contributed by atoms with Crippen LogP contribution in [0.1, 0.15) is 58.3 Å². The average Bonchev–Trinajstić information content (AvgIpc) is 2.44. The van der Waals surface area contributed by atoms with Gasteiger partial charge in [0.15, 0.2) is 0 Å². The molecule has 0 spiro atoms. The highest BCUT2D eigenvalue weighted by molar-refractivity contribution is 6.00. The lowest BCUT2D eigenvalue weighted by Gasteiger charge is -2.52. The molecule has 3 fully saturated rings. The first-order valence-electron chi connectivity index (χ1n) is 8.53. The number of amides is 2. The van der Waals surface area contributed by atoms with Gasteiger partial charge < -0.3 is 5.32 Å². The summed E-state index contributed by atoms with van der Waals surface area (Å²) in [7, 11) is 0. The molecule has 21 heavy (non-hydrogen) atoms. The van der Waals surface area contributed by atoms with Gasteiger partial charge in [-0.15, -0.1) is 0 Å². The molecule has 2 amide bonds. The summed E-state index contributed by atoms with van der Waals surface area (Å²) in [5.41, 5.74) is 0. The highest BCUT2D eigenvalue weighted by Crippen LogP contribution is 2.37. The summed E-state index contributed by atoms with van der Waals surface area (Å²) in [6, 6.07) is 1.54. The zero-order valence-corrected chi connectivity index (χ0v) is 12.9. The molecule has 0 radical (unpaired) electrons. The number of carbonyl (C=O) groups is 2. The fourth-order valence-electron chi connectivity index (χ4n) is 4.41. The van der Waals surface area contributed by atoms with E-state index >= 15 is 0 Å². The van der Waals surface area contributed by atoms with Gasteiger partial charge >= 0.3 is 0 Å². The Hall–Kier alpha value is -0.940. The van der Waals surface area contributed by atoms with Crippen LogP contribution in [0.2, 0.25) is 0 Å². The minimum atomic E-state index is -0.110. The Balaban J connectivity index is 1.68. The van der Waals surface area contributed by atoms with Crippen LogP contribution in [0.5, 0.6) is 0 Å². The van der Waals surface area contributed by atoms with Crippen LogP contribution < -0.4 is 10.6 Å². The Morgan fingerprint density at radius 2 is 1.90 bits per heavy atom. The highest BCUT2D eigenvalue weighted by atomic mass is 16.2. The molecule has 3 saturated heterocycles. The molecule has 2 N–H and O–H groups in total. The van der Waals surface area contributed by atoms with Crippen LogP contribution in [0.4, 0.5) is 0 Å². The Bertz CT molecular complexity index is 398. The van der Waals surface area contributed by atoms with E-state index in [2.05, 4.69) is 22.5 Å². The smallest absolute Gasteiger partial charge is 0.243 e. The molecular weight excluding hydrogens is 266 g/mol. The Labute approximate surface area is 126 Å². The molecule has 3 aliphatic rings. The standard InChI is InChI=1S/C16H27N3O2/c1-2-8-17-11-9-12-4-3-5-13(10-11)19(12)14-6-7-15(20)18-16(14)21/h11-14,17H,2-10H2,1H3,(H,18,20,21). The number of nitrogens with zero attached hydrogens (tertiary/aromatic N) is 1. The fourth-order valence-corrected chi connectivity index (χ4v) is 4.41. The molecule has 5 nitrogen and oxygen atoms in total. The Kier molecular flexibility index (Phi) is 4.60. The summed E-state index contributed by atoms with van der Waals surface area (Å²) in [5.74, 6) is -0.177. The molecule has 2 bridgehead atoms. The maximum absolute atomic E-state index is 12.2. The molecule has 3 aliphatic heterocycles. The molecule has 5 heteroatoms. The van der Waals surface area contributed by atoms with Gasteiger partial charge in [-0.3, -0.25) is 19.8 Å². The number of hydrogen-bond donors (Lipinski definition) is 2. The Morgan fingerprint density at radius 3 is 2.52 bits per heavy atom. The SMILES string of the molecule is CCCNC1CC2CCCC(C1)N2C1CCC(=O)NC1=O. The van der Waals surface area contributed by atoms with E-state index in [1.54, 1.807) is 0 Å². The van der Waals surface area contributed by atoms with E-state index in [9.17, 15) is 9.59 Å². The molecule has 0 aromatic heterocycles. The zero-order chi connectivity index (χ0) is 14.8. The van der Waals surface area contributed by atoms with Crippen molar-refractivity contribution in [2.45, 2.75) is 82.5 Å². The lowest BCUT2D eigenvalue weighted by atomic mass is 9.79. The first-order chi connectivity index (χ1) is 10.2.